The molecule has 1 aromatic carbocycles. The van der Waals surface area contributed by atoms with Gasteiger partial charge in [-0.1, -0.05) is 11.6 Å². The Labute approximate surface area is 131 Å². The Hall–Kier alpha value is -1.79. The summed E-state index contributed by atoms with van der Waals surface area (Å²) in [5, 5.41) is 15.5. The fourth-order valence-electron chi connectivity index (χ4n) is 1.78. The van der Waals surface area contributed by atoms with Crippen molar-refractivity contribution in [2.45, 2.75) is 17.7 Å². The van der Waals surface area contributed by atoms with Gasteiger partial charge in [0.25, 0.3) is 5.69 Å². The number of nitrogens with zero attached hydrogens (tertiary/aromatic N) is 2. The molecule has 2 rings (SSSR count). The number of benzene rings is 1. The van der Waals surface area contributed by atoms with Gasteiger partial charge in [-0.05, 0) is 30.7 Å². The highest BCUT2D eigenvalue weighted by atomic mass is 35.5. The minimum absolute atomic E-state index is 0.0938. The third kappa shape index (κ3) is 4.34. The van der Waals surface area contributed by atoms with Crippen LogP contribution in [-0.4, -0.2) is 16.5 Å². The molecule has 1 heterocycles. The van der Waals surface area contributed by atoms with Gasteiger partial charge in [0.1, 0.15) is 0 Å². The molecule has 0 bridgehead atoms. The van der Waals surface area contributed by atoms with Crippen molar-refractivity contribution in [1.29, 1.82) is 0 Å². The van der Waals surface area contributed by atoms with E-state index in [1.165, 1.54) is 17.8 Å². The van der Waals surface area contributed by atoms with Gasteiger partial charge in [0.2, 0.25) is 0 Å². The van der Waals surface area contributed by atoms with Gasteiger partial charge in [-0.2, -0.15) is 0 Å². The lowest BCUT2D eigenvalue weighted by molar-refractivity contribution is -0.384. The molecule has 110 valence electrons. The number of non-ortho nitro benzene ring substituents is 1. The van der Waals surface area contributed by atoms with E-state index in [-0.39, 0.29) is 10.6 Å². The van der Waals surface area contributed by atoms with Crippen molar-refractivity contribution in [2.24, 2.45) is 0 Å². The van der Waals surface area contributed by atoms with Gasteiger partial charge in [0.15, 0.2) is 0 Å². The number of pyridine rings is 1. The lowest BCUT2D eigenvalue weighted by Crippen LogP contribution is -2.01. The maximum absolute atomic E-state index is 10.9. The Balaban J connectivity index is 2.17. The smallest absolute Gasteiger partial charge is 0.269 e. The van der Waals surface area contributed by atoms with E-state index in [9.17, 15) is 10.1 Å². The first kappa shape index (κ1) is 15.6. The number of nitro benzene ring substituents is 1. The molecule has 21 heavy (non-hydrogen) atoms. The van der Waals surface area contributed by atoms with Crippen LogP contribution in [0.2, 0.25) is 5.02 Å². The van der Waals surface area contributed by atoms with Crippen LogP contribution in [0, 0.1) is 10.1 Å². The van der Waals surface area contributed by atoms with Crippen LogP contribution in [0.1, 0.15) is 12.5 Å². The molecule has 0 spiro atoms. The first-order valence-electron chi connectivity index (χ1n) is 6.35. The molecule has 2 aromatic rings. The number of hydrogen-bond acceptors (Lipinski definition) is 5. The van der Waals surface area contributed by atoms with Gasteiger partial charge in [0, 0.05) is 36.3 Å². The predicted molar refractivity (Wildman–Crippen MR) is 86.1 cm³/mol. The molecule has 0 unspecified atom stereocenters. The van der Waals surface area contributed by atoms with Crippen molar-refractivity contribution in [3.8, 4) is 0 Å². The highest BCUT2D eigenvalue weighted by Crippen LogP contribution is 2.29. The Morgan fingerprint density at radius 3 is 2.81 bits per heavy atom. The Kier molecular flexibility index (Phi) is 5.41. The van der Waals surface area contributed by atoms with Crippen molar-refractivity contribution in [3.05, 3.63) is 57.2 Å². The van der Waals surface area contributed by atoms with Crippen LogP contribution in [0.25, 0.3) is 0 Å². The summed E-state index contributed by atoms with van der Waals surface area (Å²) in [4.78, 5) is 14.7. The molecule has 1 aromatic heterocycles. The molecular formula is C14H14ClN3O2S. The largest absolute Gasteiger partial charge is 0.385 e. The van der Waals surface area contributed by atoms with Crippen LogP contribution >= 0.6 is 23.4 Å². The average molecular weight is 324 g/mol. The van der Waals surface area contributed by atoms with Crippen molar-refractivity contribution in [2.75, 3.05) is 11.9 Å². The van der Waals surface area contributed by atoms with E-state index in [0.29, 0.717) is 10.8 Å². The minimum Gasteiger partial charge on any atom is -0.385 e. The summed E-state index contributed by atoms with van der Waals surface area (Å²) < 4.78 is 0. The first-order valence-corrected chi connectivity index (χ1v) is 7.72. The van der Waals surface area contributed by atoms with Crippen LogP contribution in [-0.2, 0) is 5.75 Å². The average Bonchev–Trinajstić information content (AvgIpc) is 2.48. The minimum atomic E-state index is -0.384. The van der Waals surface area contributed by atoms with Crippen LogP contribution in [0.5, 0.6) is 0 Å². The number of anilines is 1. The molecule has 0 saturated heterocycles. The number of nitrogens with one attached hydrogen (secondary N) is 1. The molecular weight excluding hydrogens is 310 g/mol. The van der Waals surface area contributed by atoms with Crippen molar-refractivity contribution < 1.29 is 4.92 Å². The maximum atomic E-state index is 10.9. The molecule has 0 radical (unpaired) electrons. The highest BCUT2D eigenvalue weighted by molar-refractivity contribution is 7.98. The summed E-state index contributed by atoms with van der Waals surface area (Å²) in [5.74, 6) is 0.596. The molecule has 7 heteroatoms. The number of thioether (sulfide) groups is 1. The number of rotatable bonds is 6. The van der Waals surface area contributed by atoms with Crippen LogP contribution in [0.15, 0.2) is 41.6 Å². The molecule has 0 saturated carbocycles. The quantitative estimate of drug-likeness (QED) is 0.486. The van der Waals surface area contributed by atoms with Gasteiger partial charge < -0.3 is 5.32 Å². The molecule has 0 fully saturated rings. The third-order valence-electron chi connectivity index (χ3n) is 2.74. The lowest BCUT2D eigenvalue weighted by Gasteiger charge is -2.10. The van der Waals surface area contributed by atoms with Crippen molar-refractivity contribution in [3.63, 3.8) is 0 Å². The van der Waals surface area contributed by atoms with E-state index in [0.717, 1.165) is 22.8 Å². The standard InChI is InChI=1S/C14H14ClN3O2S/c1-2-16-13-5-4-12(18(19)20)7-10(13)9-21-14-6-3-11(15)8-17-14/h3-8,16H,2,9H2,1H3. The van der Waals surface area contributed by atoms with E-state index in [1.54, 1.807) is 24.4 Å². The van der Waals surface area contributed by atoms with Crippen LogP contribution in [0.3, 0.4) is 0 Å². The topological polar surface area (TPSA) is 68.1 Å². The van der Waals surface area contributed by atoms with E-state index >= 15 is 0 Å². The second kappa shape index (κ2) is 7.28. The second-order valence-electron chi connectivity index (χ2n) is 4.23. The van der Waals surface area contributed by atoms with E-state index in [2.05, 4.69) is 10.3 Å². The molecule has 0 amide bonds. The first-order chi connectivity index (χ1) is 10.1. The fourth-order valence-corrected chi connectivity index (χ4v) is 2.72. The summed E-state index contributed by atoms with van der Waals surface area (Å²) >= 11 is 7.30. The summed E-state index contributed by atoms with van der Waals surface area (Å²) in [6.45, 7) is 2.74. The van der Waals surface area contributed by atoms with Gasteiger partial charge in [-0.15, -0.1) is 11.8 Å². The molecule has 0 aliphatic rings. The Bertz CT molecular complexity index is 635. The van der Waals surface area contributed by atoms with Gasteiger partial charge in [-0.25, -0.2) is 4.98 Å². The Morgan fingerprint density at radius 2 is 2.19 bits per heavy atom. The Morgan fingerprint density at radius 1 is 1.38 bits per heavy atom. The number of nitro groups is 1. The second-order valence-corrected chi connectivity index (χ2v) is 5.66. The zero-order chi connectivity index (χ0) is 15.2. The summed E-state index contributed by atoms with van der Waals surface area (Å²) in [5.41, 5.74) is 1.88. The number of hydrogen-bond donors (Lipinski definition) is 1. The van der Waals surface area contributed by atoms with Gasteiger partial charge >= 0.3 is 0 Å². The lowest BCUT2D eigenvalue weighted by atomic mass is 10.2. The normalized spacial score (nSPS) is 10.4. The van der Waals surface area contributed by atoms with Crippen LogP contribution < -0.4 is 5.32 Å². The highest BCUT2D eigenvalue weighted by Gasteiger charge is 2.11. The van der Waals surface area contributed by atoms with Crippen LogP contribution in [0.4, 0.5) is 11.4 Å². The van der Waals surface area contributed by atoms with Gasteiger partial charge in [-0.3, -0.25) is 10.1 Å². The number of aromatic nitrogens is 1. The van der Waals surface area contributed by atoms with E-state index in [4.69, 9.17) is 11.6 Å². The molecule has 0 aliphatic carbocycles. The molecule has 0 aliphatic heterocycles. The molecule has 5 nitrogen and oxygen atoms in total. The van der Waals surface area contributed by atoms with E-state index in [1.807, 2.05) is 13.0 Å². The van der Waals surface area contributed by atoms with Crippen molar-refractivity contribution in [1.82, 2.24) is 4.98 Å². The maximum Gasteiger partial charge on any atom is 0.269 e. The third-order valence-corrected chi connectivity index (χ3v) is 3.96. The summed E-state index contributed by atoms with van der Waals surface area (Å²) in [7, 11) is 0. The SMILES string of the molecule is CCNc1ccc([N+](=O)[O-])cc1CSc1ccc(Cl)cn1. The van der Waals surface area contributed by atoms with Gasteiger partial charge in [0.05, 0.1) is 15.0 Å². The monoisotopic (exact) mass is 323 g/mol. The van der Waals surface area contributed by atoms with E-state index < -0.39 is 0 Å². The summed E-state index contributed by atoms with van der Waals surface area (Å²) in [6.07, 6.45) is 1.59. The number of halogens is 1. The fraction of sp³-hybridized carbons (Fsp3) is 0.214. The molecule has 1 N–H and O–H groups in total. The predicted octanol–water partition coefficient (Wildman–Crippen LogP) is 4.37. The van der Waals surface area contributed by atoms with Crippen molar-refractivity contribution >= 4 is 34.7 Å². The summed E-state index contributed by atoms with van der Waals surface area (Å²) in [6, 6.07) is 8.45. The zero-order valence-corrected chi connectivity index (χ0v) is 12.9. The molecule has 0 atom stereocenters. The zero-order valence-electron chi connectivity index (χ0n) is 11.4.